The molecule has 0 bridgehead atoms. The first-order chi connectivity index (χ1) is 10.2. The molecule has 104 valence electrons. The summed E-state index contributed by atoms with van der Waals surface area (Å²) in [6.07, 6.45) is 0. The van der Waals surface area contributed by atoms with Gasteiger partial charge in [-0.3, -0.25) is 0 Å². The molecule has 3 N–H and O–H groups in total. The highest BCUT2D eigenvalue weighted by molar-refractivity contribution is 7.80. The van der Waals surface area contributed by atoms with Gasteiger partial charge >= 0.3 is 0 Å². The van der Waals surface area contributed by atoms with Crippen LogP contribution in [0.4, 0.5) is 11.4 Å². The van der Waals surface area contributed by atoms with Gasteiger partial charge in [0.15, 0.2) is 0 Å². The van der Waals surface area contributed by atoms with Crippen molar-refractivity contribution < 1.29 is 5.11 Å². The summed E-state index contributed by atoms with van der Waals surface area (Å²) in [5, 5.41) is 21.8. The second-order valence-electron chi connectivity index (χ2n) is 4.36. The third-order valence-electron chi connectivity index (χ3n) is 2.93. The smallest absolute Gasteiger partial charge is 0.218 e. The Bertz CT molecular complexity index is 811. The number of rotatable bonds is 2. The molecular formula is C15H12N4OS. The zero-order valence-corrected chi connectivity index (χ0v) is 11.8. The van der Waals surface area contributed by atoms with Crippen LogP contribution in [0.3, 0.4) is 0 Å². The number of aromatic nitrogens is 1. The SMILES string of the molecule is Oc1[nH]c2ccccc2c1NC(=S)N=Nc1ccccc1. The Kier molecular flexibility index (Phi) is 3.61. The van der Waals surface area contributed by atoms with Gasteiger partial charge in [-0.2, -0.15) is 0 Å². The van der Waals surface area contributed by atoms with Gasteiger partial charge in [0, 0.05) is 5.39 Å². The average molecular weight is 296 g/mol. The molecule has 1 heterocycles. The van der Waals surface area contributed by atoms with Crippen LogP contribution in [0.1, 0.15) is 0 Å². The quantitative estimate of drug-likeness (QED) is 0.486. The molecule has 0 unspecified atom stereocenters. The number of nitrogens with one attached hydrogen (secondary N) is 2. The largest absolute Gasteiger partial charge is 0.493 e. The van der Waals surface area contributed by atoms with Gasteiger partial charge in [0.1, 0.15) is 5.69 Å². The van der Waals surface area contributed by atoms with Crippen LogP contribution < -0.4 is 5.32 Å². The molecule has 0 saturated heterocycles. The number of azo groups is 1. The van der Waals surface area contributed by atoms with Crippen molar-refractivity contribution in [2.45, 2.75) is 0 Å². The first kappa shape index (κ1) is 13.3. The molecule has 0 aliphatic heterocycles. The van der Waals surface area contributed by atoms with Crippen LogP contribution in [0.15, 0.2) is 64.8 Å². The molecule has 0 aliphatic rings. The number of benzene rings is 2. The van der Waals surface area contributed by atoms with Gasteiger partial charge in [-0.1, -0.05) is 36.4 Å². The molecule has 0 amide bonds. The highest BCUT2D eigenvalue weighted by Crippen LogP contribution is 2.32. The Morgan fingerprint density at radius 2 is 1.76 bits per heavy atom. The van der Waals surface area contributed by atoms with E-state index in [1.165, 1.54) is 0 Å². The number of nitrogens with zero attached hydrogens (tertiary/aromatic N) is 2. The van der Waals surface area contributed by atoms with Crippen molar-refractivity contribution in [1.82, 2.24) is 4.98 Å². The van der Waals surface area contributed by atoms with E-state index in [-0.39, 0.29) is 11.0 Å². The number of hydrogen-bond acceptors (Lipinski definition) is 3. The third kappa shape index (κ3) is 2.90. The summed E-state index contributed by atoms with van der Waals surface area (Å²) in [6.45, 7) is 0. The summed E-state index contributed by atoms with van der Waals surface area (Å²) in [4.78, 5) is 2.87. The van der Waals surface area contributed by atoms with Crippen molar-refractivity contribution in [3.05, 3.63) is 54.6 Å². The summed E-state index contributed by atoms with van der Waals surface area (Å²) in [5.74, 6) is 0.0217. The van der Waals surface area contributed by atoms with E-state index < -0.39 is 0 Å². The predicted molar refractivity (Wildman–Crippen MR) is 87.1 cm³/mol. The van der Waals surface area contributed by atoms with E-state index in [9.17, 15) is 5.11 Å². The molecule has 1 aromatic heterocycles. The fourth-order valence-electron chi connectivity index (χ4n) is 1.98. The summed E-state index contributed by atoms with van der Waals surface area (Å²) >= 11 is 5.13. The molecule has 0 fully saturated rings. The zero-order chi connectivity index (χ0) is 14.7. The Labute approximate surface area is 126 Å². The van der Waals surface area contributed by atoms with E-state index in [4.69, 9.17) is 12.2 Å². The number of hydrogen-bond donors (Lipinski definition) is 3. The number of thiocarbonyl (C=S) groups is 1. The van der Waals surface area contributed by atoms with Crippen LogP contribution in [0.25, 0.3) is 10.9 Å². The molecule has 3 rings (SSSR count). The number of aromatic hydroxyl groups is 1. The number of aromatic amines is 1. The lowest BCUT2D eigenvalue weighted by molar-refractivity contribution is 0.461. The summed E-state index contributed by atoms with van der Waals surface area (Å²) in [6, 6.07) is 16.8. The van der Waals surface area contributed by atoms with Crippen molar-refractivity contribution in [3.63, 3.8) is 0 Å². The number of fused-ring (bicyclic) bond motifs is 1. The lowest BCUT2D eigenvalue weighted by Gasteiger charge is -2.02. The van der Waals surface area contributed by atoms with Crippen molar-refractivity contribution >= 4 is 39.6 Å². The van der Waals surface area contributed by atoms with E-state index in [1.54, 1.807) is 0 Å². The van der Waals surface area contributed by atoms with E-state index in [1.807, 2.05) is 54.6 Å². The maximum atomic E-state index is 9.92. The molecule has 21 heavy (non-hydrogen) atoms. The van der Waals surface area contributed by atoms with Crippen molar-refractivity contribution in [1.29, 1.82) is 0 Å². The monoisotopic (exact) mass is 296 g/mol. The lowest BCUT2D eigenvalue weighted by Crippen LogP contribution is -2.04. The zero-order valence-electron chi connectivity index (χ0n) is 10.9. The minimum absolute atomic E-state index is 0.0217. The van der Waals surface area contributed by atoms with E-state index in [2.05, 4.69) is 20.5 Å². The average Bonchev–Trinajstić information content (AvgIpc) is 2.82. The van der Waals surface area contributed by atoms with Gasteiger partial charge in [-0.25, -0.2) is 0 Å². The highest BCUT2D eigenvalue weighted by atomic mass is 32.1. The highest BCUT2D eigenvalue weighted by Gasteiger charge is 2.11. The first-order valence-electron chi connectivity index (χ1n) is 6.31. The molecule has 0 atom stereocenters. The van der Waals surface area contributed by atoms with Gasteiger partial charge in [0.2, 0.25) is 11.0 Å². The fourth-order valence-corrected chi connectivity index (χ4v) is 2.13. The molecule has 6 heteroatoms. The second kappa shape index (κ2) is 5.72. The maximum absolute atomic E-state index is 9.92. The van der Waals surface area contributed by atoms with Gasteiger partial charge in [0.05, 0.1) is 11.2 Å². The van der Waals surface area contributed by atoms with Gasteiger partial charge in [-0.05, 0) is 30.4 Å². The standard InChI is InChI=1S/C15H12N4OS/c20-14-13(11-8-4-5-9-12(11)16-14)17-15(21)19-18-10-6-2-1-3-7-10/h1-9,16,20H,(H,17,21). The topological polar surface area (TPSA) is 72.8 Å². The van der Waals surface area contributed by atoms with Crippen molar-refractivity contribution in [3.8, 4) is 5.88 Å². The Balaban J connectivity index is 1.81. The predicted octanol–water partition coefficient (Wildman–Crippen LogP) is 4.35. The summed E-state index contributed by atoms with van der Waals surface area (Å²) in [7, 11) is 0. The molecule has 3 aromatic rings. The van der Waals surface area contributed by atoms with E-state index in [0.29, 0.717) is 11.4 Å². The van der Waals surface area contributed by atoms with Crippen LogP contribution >= 0.6 is 12.2 Å². The molecule has 5 nitrogen and oxygen atoms in total. The summed E-state index contributed by atoms with van der Waals surface area (Å²) < 4.78 is 0. The lowest BCUT2D eigenvalue weighted by atomic mass is 10.2. The number of para-hydroxylation sites is 1. The molecule has 0 radical (unpaired) electrons. The fraction of sp³-hybridized carbons (Fsp3) is 0. The molecule has 0 aliphatic carbocycles. The number of anilines is 1. The van der Waals surface area contributed by atoms with Crippen molar-refractivity contribution in [2.75, 3.05) is 5.32 Å². The molecular weight excluding hydrogens is 284 g/mol. The minimum atomic E-state index is 0.0217. The van der Waals surface area contributed by atoms with Crippen molar-refractivity contribution in [2.24, 2.45) is 10.2 Å². The third-order valence-corrected chi connectivity index (χ3v) is 3.11. The second-order valence-corrected chi connectivity index (χ2v) is 4.75. The normalized spacial score (nSPS) is 11.0. The van der Waals surface area contributed by atoms with Crippen LogP contribution in [-0.4, -0.2) is 15.2 Å². The van der Waals surface area contributed by atoms with E-state index >= 15 is 0 Å². The summed E-state index contributed by atoms with van der Waals surface area (Å²) in [5.41, 5.74) is 2.03. The maximum Gasteiger partial charge on any atom is 0.218 e. The molecule has 0 saturated carbocycles. The van der Waals surface area contributed by atoms with Gasteiger partial charge in [-0.15, -0.1) is 10.2 Å². The van der Waals surface area contributed by atoms with Crippen LogP contribution in [-0.2, 0) is 0 Å². The van der Waals surface area contributed by atoms with Crippen LogP contribution in [0.2, 0.25) is 0 Å². The Morgan fingerprint density at radius 1 is 1.05 bits per heavy atom. The van der Waals surface area contributed by atoms with E-state index in [0.717, 1.165) is 10.9 Å². The van der Waals surface area contributed by atoms with Gasteiger partial charge in [0.25, 0.3) is 0 Å². The van der Waals surface area contributed by atoms with Crippen LogP contribution in [0.5, 0.6) is 5.88 Å². The first-order valence-corrected chi connectivity index (χ1v) is 6.72. The Morgan fingerprint density at radius 3 is 2.57 bits per heavy atom. The Hall–Kier alpha value is -2.73. The number of H-pyrrole nitrogens is 1. The molecule has 2 aromatic carbocycles. The van der Waals surface area contributed by atoms with Gasteiger partial charge < -0.3 is 15.4 Å². The van der Waals surface area contributed by atoms with Crippen LogP contribution in [0, 0.1) is 0 Å². The molecule has 0 spiro atoms. The minimum Gasteiger partial charge on any atom is -0.493 e.